The largest absolute Gasteiger partial charge is 0.387 e. The Labute approximate surface area is 104 Å². The Bertz CT molecular complexity index is 311. The van der Waals surface area contributed by atoms with Crippen LogP contribution in [-0.4, -0.2) is 23.7 Å². The maximum absolute atomic E-state index is 9.66. The zero-order chi connectivity index (χ0) is 12.7. The molecule has 0 aliphatic rings. The summed E-state index contributed by atoms with van der Waals surface area (Å²) in [6, 6.07) is 3.95. The van der Waals surface area contributed by atoms with E-state index in [4.69, 9.17) is 0 Å². The summed E-state index contributed by atoms with van der Waals surface area (Å²) in [7, 11) is 2.09. The van der Waals surface area contributed by atoms with Crippen LogP contribution in [0.1, 0.15) is 51.3 Å². The molecule has 1 heterocycles. The SMILES string of the molecule is CCCCCN(C)c1ccc([C@@H](O)CC)nc1. The smallest absolute Gasteiger partial charge is 0.0957 e. The van der Waals surface area contributed by atoms with Crippen molar-refractivity contribution in [2.75, 3.05) is 18.5 Å². The van der Waals surface area contributed by atoms with E-state index >= 15 is 0 Å². The molecule has 0 aliphatic heterocycles. The Morgan fingerprint density at radius 3 is 2.59 bits per heavy atom. The molecule has 96 valence electrons. The molecule has 1 aromatic heterocycles. The van der Waals surface area contributed by atoms with Gasteiger partial charge in [-0.1, -0.05) is 26.7 Å². The highest BCUT2D eigenvalue weighted by atomic mass is 16.3. The van der Waals surface area contributed by atoms with Gasteiger partial charge >= 0.3 is 0 Å². The van der Waals surface area contributed by atoms with E-state index in [1.165, 1.54) is 19.3 Å². The summed E-state index contributed by atoms with van der Waals surface area (Å²) < 4.78 is 0. The van der Waals surface area contributed by atoms with Crippen LogP contribution in [0.5, 0.6) is 0 Å². The summed E-state index contributed by atoms with van der Waals surface area (Å²) in [5, 5.41) is 9.66. The van der Waals surface area contributed by atoms with Crippen LogP contribution in [-0.2, 0) is 0 Å². The van der Waals surface area contributed by atoms with Crippen LogP contribution in [0.25, 0.3) is 0 Å². The van der Waals surface area contributed by atoms with Gasteiger partial charge in [0.25, 0.3) is 0 Å². The molecule has 0 saturated carbocycles. The van der Waals surface area contributed by atoms with Crippen LogP contribution in [0, 0.1) is 0 Å². The monoisotopic (exact) mass is 236 g/mol. The number of aliphatic hydroxyl groups is 1. The lowest BCUT2D eigenvalue weighted by Crippen LogP contribution is -2.18. The van der Waals surface area contributed by atoms with Crippen molar-refractivity contribution in [3.05, 3.63) is 24.0 Å². The molecule has 0 unspecified atom stereocenters. The third-order valence-electron chi connectivity index (χ3n) is 3.04. The van der Waals surface area contributed by atoms with Crippen molar-refractivity contribution in [3.8, 4) is 0 Å². The van der Waals surface area contributed by atoms with Crippen molar-refractivity contribution in [3.63, 3.8) is 0 Å². The van der Waals surface area contributed by atoms with E-state index in [-0.39, 0.29) is 0 Å². The standard InChI is InChI=1S/C14H24N2O/c1-4-6-7-10-16(3)12-8-9-13(15-11-12)14(17)5-2/h8-9,11,14,17H,4-7,10H2,1-3H3/t14-/m0/s1. The third kappa shape index (κ3) is 4.35. The van der Waals surface area contributed by atoms with E-state index in [0.717, 1.165) is 17.9 Å². The Kier molecular flexibility index (Phi) is 5.98. The van der Waals surface area contributed by atoms with Crippen LogP contribution >= 0.6 is 0 Å². The molecule has 0 aromatic carbocycles. The van der Waals surface area contributed by atoms with Gasteiger partial charge in [-0.25, -0.2) is 0 Å². The van der Waals surface area contributed by atoms with Crippen molar-refractivity contribution in [2.24, 2.45) is 0 Å². The van der Waals surface area contributed by atoms with E-state index in [1.54, 1.807) is 0 Å². The second kappa shape index (κ2) is 7.28. The van der Waals surface area contributed by atoms with Gasteiger partial charge in [-0.15, -0.1) is 0 Å². The van der Waals surface area contributed by atoms with Gasteiger partial charge in [0.05, 0.1) is 23.7 Å². The van der Waals surface area contributed by atoms with E-state index in [1.807, 2.05) is 25.3 Å². The number of pyridine rings is 1. The first-order valence-electron chi connectivity index (χ1n) is 6.54. The molecule has 0 amide bonds. The number of aromatic nitrogens is 1. The Morgan fingerprint density at radius 2 is 2.06 bits per heavy atom. The number of rotatable bonds is 7. The van der Waals surface area contributed by atoms with Crippen molar-refractivity contribution < 1.29 is 5.11 Å². The highest BCUT2D eigenvalue weighted by Gasteiger charge is 2.07. The molecule has 0 spiro atoms. The lowest BCUT2D eigenvalue weighted by molar-refractivity contribution is 0.169. The van der Waals surface area contributed by atoms with Gasteiger partial charge < -0.3 is 10.0 Å². The molecule has 3 heteroatoms. The topological polar surface area (TPSA) is 36.4 Å². The van der Waals surface area contributed by atoms with Gasteiger partial charge in [0.2, 0.25) is 0 Å². The van der Waals surface area contributed by atoms with Gasteiger partial charge in [-0.3, -0.25) is 4.98 Å². The molecule has 0 saturated heterocycles. The van der Waals surface area contributed by atoms with Crippen molar-refractivity contribution >= 4 is 5.69 Å². The molecular weight excluding hydrogens is 212 g/mol. The lowest BCUT2D eigenvalue weighted by atomic mass is 10.2. The summed E-state index contributed by atoms with van der Waals surface area (Å²) in [6.45, 7) is 5.23. The minimum Gasteiger partial charge on any atom is -0.387 e. The molecule has 17 heavy (non-hydrogen) atoms. The summed E-state index contributed by atoms with van der Waals surface area (Å²) in [5.41, 5.74) is 1.88. The minimum atomic E-state index is -0.436. The first-order chi connectivity index (χ1) is 8.19. The Hall–Kier alpha value is -1.09. The lowest BCUT2D eigenvalue weighted by Gasteiger charge is -2.19. The van der Waals surface area contributed by atoms with Crippen molar-refractivity contribution in [1.82, 2.24) is 4.98 Å². The number of unbranched alkanes of at least 4 members (excludes halogenated alkanes) is 2. The number of hydrogen-bond acceptors (Lipinski definition) is 3. The van der Waals surface area contributed by atoms with Crippen LogP contribution in [0.2, 0.25) is 0 Å². The molecule has 1 rings (SSSR count). The number of aliphatic hydroxyl groups excluding tert-OH is 1. The molecule has 3 nitrogen and oxygen atoms in total. The average Bonchev–Trinajstić information content (AvgIpc) is 2.38. The Morgan fingerprint density at radius 1 is 1.29 bits per heavy atom. The number of anilines is 1. The fourth-order valence-corrected chi connectivity index (χ4v) is 1.76. The summed E-state index contributed by atoms with van der Waals surface area (Å²) in [4.78, 5) is 6.52. The molecule has 0 aliphatic carbocycles. The second-order valence-electron chi connectivity index (χ2n) is 4.49. The first-order valence-corrected chi connectivity index (χ1v) is 6.54. The molecule has 0 bridgehead atoms. The van der Waals surface area contributed by atoms with Crippen LogP contribution in [0.3, 0.4) is 0 Å². The second-order valence-corrected chi connectivity index (χ2v) is 4.49. The van der Waals surface area contributed by atoms with E-state index in [9.17, 15) is 5.11 Å². The van der Waals surface area contributed by atoms with Crippen LogP contribution in [0.15, 0.2) is 18.3 Å². The zero-order valence-corrected chi connectivity index (χ0v) is 11.2. The average molecular weight is 236 g/mol. The quantitative estimate of drug-likeness (QED) is 0.739. The molecule has 1 N–H and O–H groups in total. The van der Waals surface area contributed by atoms with Gasteiger partial charge in [0.1, 0.15) is 0 Å². The van der Waals surface area contributed by atoms with Gasteiger partial charge in [-0.2, -0.15) is 0 Å². The fourth-order valence-electron chi connectivity index (χ4n) is 1.76. The third-order valence-corrected chi connectivity index (χ3v) is 3.04. The maximum Gasteiger partial charge on any atom is 0.0957 e. The van der Waals surface area contributed by atoms with E-state index in [0.29, 0.717) is 6.42 Å². The number of nitrogens with zero attached hydrogens (tertiary/aromatic N) is 2. The predicted octanol–water partition coefficient (Wildman–Crippen LogP) is 3.15. The normalized spacial score (nSPS) is 12.5. The van der Waals surface area contributed by atoms with Gasteiger partial charge in [0, 0.05) is 13.6 Å². The fraction of sp³-hybridized carbons (Fsp3) is 0.643. The number of hydrogen-bond donors (Lipinski definition) is 1. The first kappa shape index (κ1) is 14.0. The van der Waals surface area contributed by atoms with Crippen LogP contribution < -0.4 is 4.90 Å². The summed E-state index contributed by atoms with van der Waals surface area (Å²) in [5.74, 6) is 0. The summed E-state index contributed by atoms with van der Waals surface area (Å²) >= 11 is 0. The predicted molar refractivity (Wildman–Crippen MR) is 72.3 cm³/mol. The Balaban J connectivity index is 2.54. The molecule has 1 atom stereocenters. The van der Waals surface area contributed by atoms with E-state index < -0.39 is 6.10 Å². The highest BCUT2D eigenvalue weighted by Crippen LogP contribution is 2.17. The van der Waals surface area contributed by atoms with Crippen molar-refractivity contribution in [2.45, 2.75) is 45.6 Å². The van der Waals surface area contributed by atoms with E-state index in [2.05, 4.69) is 23.9 Å². The zero-order valence-electron chi connectivity index (χ0n) is 11.2. The molecular formula is C14H24N2O. The van der Waals surface area contributed by atoms with Crippen LogP contribution in [0.4, 0.5) is 5.69 Å². The summed E-state index contributed by atoms with van der Waals surface area (Å²) in [6.07, 6.45) is 5.85. The molecule has 0 radical (unpaired) electrons. The van der Waals surface area contributed by atoms with Gasteiger partial charge in [-0.05, 0) is 25.0 Å². The minimum absolute atomic E-state index is 0.436. The molecule has 0 fully saturated rings. The highest BCUT2D eigenvalue weighted by molar-refractivity contribution is 5.43. The maximum atomic E-state index is 9.66. The molecule has 1 aromatic rings. The van der Waals surface area contributed by atoms with Crippen molar-refractivity contribution in [1.29, 1.82) is 0 Å². The van der Waals surface area contributed by atoms with Gasteiger partial charge in [0.15, 0.2) is 0 Å².